The van der Waals surface area contributed by atoms with Crippen molar-refractivity contribution in [2.24, 2.45) is 0 Å². The van der Waals surface area contributed by atoms with E-state index in [1.807, 2.05) is 49.4 Å². The summed E-state index contributed by atoms with van der Waals surface area (Å²) < 4.78 is 5.33. The Morgan fingerprint density at radius 3 is 2.52 bits per heavy atom. The molecule has 5 heteroatoms. The number of amides is 2. The van der Waals surface area contributed by atoms with Crippen LogP contribution < -0.4 is 10.1 Å². The van der Waals surface area contributed by atoms with E-state index in [0.29, 0.717) is 18.0 Å². The van der Waals surface area contributed by atoms with Crippen LogP contribution in [0.4, 0.5) is 5.69 Å². The van der Waals surface area contributed by atoms with E-state index < -0.39 is 0 Å². The molecular weight excluding hydrogens is 316 g/mol. The van der Waals surface area contributed by atoms with E-state index in [2.05, 4.69) is 5.32 Å². The summed E-state index contributed by atoms with van der Waals surface area (Å²) >= 11 is 0. The molecule has 2 aromatic rings. The second kappa shape index (κ2) is 8.33. The summed E-state index contributed by atoms with van der Waals surface area (Å²) in [7, 11) is 3.33. The summed E-state index contributed by atoms with van der Waals surface area (Å²) in [5.74, 6) is 0.554. The van der Waals surface area contributed by atoms with Crippen molar-refractivity contribution in [1.29, 1.82) is 0 Å². The number of benzene rings is 2. The highest BCUT2D eigenvalue weighted by Crippen LogP contribution is 2.22. The van der Waals surface area contributed by atoms with Gasteiger partial charge in [0.25, 0.3) is 0 Å². The van der Waals surface area contributed by atoms with Crippen LogP contribution in [0.2, 0.25) is 0 Å². The molecule has 0 fully saturated rings. The maximum Gasteiger partial charge on any atom is 0.228 e. The van der Waals surface area contributed by atoms with Gasteiger partial charge in [0.15, 0.2) is 0 Å². The number of methoxy groups -OCH3 is 1. The van der Waals surface area contributed by atoms with Gasteiger partial charge in [0, 0.05) is 31.8 Å². The summed E-state index contributed by atoms with van der Waals surface area (Å²) in [6, 6.07) is 13.3. The zero-order valence-electron chi connectivity index (χ0n) is 15.1. The molecule has 0 spiro atoms. The van der Waals surface area contributed by atoms with Gasteiger partial charge in [-0.25, -0.2) is 0 Å². The molecular formula is C20H24N2O3. The van der Waals surface area contributed by atoms with Crippen molar-refractivity contribution in [2.75, 3.05) is 19.5 Å². The molecule has 25 heavy (non-hydrogen) atoms. The first-order valence-electron chi connectivity index (χ1n) is 8.13. The van der Waals surface area contributed by atoms with Crippen molar-refractivity contribution in [3.63, 3.8) is 0 Å². The number of aryl methyl sites for hydroxylation is 1. The van der Waals surface area contributed by atoms with E-state index in [-0.39, 0.29) is 18.2 Å². The first kappa shape index (κ1) is 18.5. The number of carbonyl (C=O) groups is 2. The van der Waals surface area contributed by atoms with Crippen molar-refractivity contribution in [2.45, 2.75) is 26.8 Å². The maximum absolute atomic E-state index is 12.5. The Kier molecular flexibility index (Phi) is 6.17. The molecule has 2 rings (SSSR count). The van der Waals surface area contributed by atoms with Gasteiger partial charge in [-0.15, -0.1) is 0 Å². The normalized spacial score (nSPS) is 10.2. The number of hydrogen-bond donors (Lipinski definition) is 1. The number of carbonyl (C=O) groups excluding carboxylic acids is 2. The molecule has 0 heterocycles. The Labute approximate surface area is 148 Å². The standard InChI is InChI=1S/C20H24N2O3/c1-14-9-10-19(25-4)17(11-14)12-20(24)21-18-8-6-5-7-16(18)13-22(3)15(2)23/h5-11H,12-13H2,1-4H3,(H,21,24). The Bertz CT molecular complexity index is 771. The van der Waals surface area contributed by atoms with Crippen molar-refractivity contribution >= 4 is 17.5 Å². The molecule has 132 valence electrons. The zero-order valence-corrected chi connectivity index (χ0v) is 15.1. The molecule has 0 saturated carbocycles. The van der Waals surface area contributed by atoms with Crippen LogP contribution in [0, 0.1) is 6.92 Å². The minimum absolute atomic E-state index is 0.0226. The molecule has 0 aliphatic heterocycles. The molecule has 2 amide bonds. The number of hydrogen-bond acceptors (Lipinski definition) is 3. The van der Waals surface area contributed by atoms with E-state index in [0.717, 1.165) is 16.7 Å². The van der Waals surface area contributed by atoms with Crippen molar-refractivity contribution in [1.82, 2.24) is 4.90 Å². The molecule has 5 nitrogen and oxygen atoms in total. The van der Waals surface area contributed by atoms with Crippen LogP contribution in [0.5, 0.6) is 5.75 Å². The van der Waals surface area contributed by atoms with Gasteiger partial charge in [-0.05, 0) is 24.6 Å². The molecule has 0 saturated heterocycles. The highest BCUT2D eigenvalue weighted by molar-refractivity contribution is 5.93. The molecule has 1 N–H and O–H groups in total. The van der Waals surface area contributed by atoms with Gasteiger partial charge in [0.05, 0.1) is 13.5 Å². The predicted octanol–water partition coefficient (Wildman–Crippen LogP) is 3.16. The number of ether oxygens (including phenoxy) is 1. The minimum atomic E-state index is -0.123. The van der Waals surface area contributed by atoms with E-state index in [1.54, 1.807) is 19.1 Å². The Morgan fingerprint density at radius 2 is 1.84 bits per heavy atom. The summed E-state index contributed by atoms with van der Waals surface area (Å²) in [6.45, 7) is 3.94. The molecule has 2 aromatic carbocycles. The van der Waals surface area contributed by atoms with E-state index >= 15 is 0 Å². The Hall–Kier alpha value is -2.82. The van der Waals surface area contributed by atoms with Crippen LogP contribution in [-0.2, 0) is 22.6 Å². The summed E-state index contributed by atoms with van der Waals surface area (Å²) in [5, 5.41) is 2.94. The third-order valence-corrected chi connectivity index (χ3v) is 4.02. The largest absolute Gasteiger partial charge is 0.496 e. The van der Waals surface area contributed by atoms with Gasteiger partial charge in [-0.1, -0.05) is 35.9 Å². The molecule has 0 aliphatic carbocycles. The third-order valence-electron chi connectivity index (χ3n) is 4.02. The molecule has 0 atom stereocenters. The summed E-state index contributed by atoms with van der Waals surface area (Å²) in [5.41, 5.74) is 3.53. The third kappa shape index (κ3) is 5.08. The topological polar surface area (TPSA) is 58.6 Å². The SMILES string of the molecule is COc1ccc(C)cc1CC(=O)Nc1ccccc1CN(C)C(C)=O. The average molecular weight is 340 g/mol. The quantitative estimate of drug-likeness (QED) is 0.879. The highest BCUT2D eigenvalue weighted by Gasteiger charge is 2.12. The number of para-hydroxylation sites is 1. The first-order chi connectivity index (χ1) is 11.9. The van der Waals surface area contributed by atoms with Crippen molar-refractivity contribution in [3.05, 3.63) is 59.2 Å². The fraction of sp³-hybridized carbons (Fsp3) is 0.300. The van der Waals surface area contributed by atoms with E-state index in [1.165, 1.54) is 6.92 Å². The Balaban J connectivity index is 2.13. The van der Waals surface area contributed by atoms with Crippen molar-refractivity contribution < 1.29 is 14.3 Å². The minimum Gasteiger partial charge on any atom is -0.496 e. The second-order valence-electron chi connectivity index (χ2n) is 6.07. The lowest BCUT2D eigenvalue weighted by atomic mass is 10.1. The van der Waals surface area contributed by atoms with Crippen molar-refractivity contribution in [3.8, 4) is 5.75 Å². The van der Waals surface area contributed by atoms with Gasteiger partial charge >= 0.3 is 0 Å². The number of nitrogens with one attached hydrogen (secondary N) is 1. The van der Waals surface area contributed by atoms with E-state index in [4.69, 9.17) is 4.74 Å². The zero-order chi connectivity index (χ0) is 18.4. The predicted molar refractivity (Wildman–Crippen MR) is 98.7 cm³/mol. The molecule has 0 radical (unpaired) electrons. The van der Waals surface area contributed by atoms with Gasteiger partial charge in [-0.3, -0.25) is 9.59 Å². The van der Waals surface area contributed by atoms with Crippen LogP contribution in [0.15, 0.2) is 42.5 Å². The molecule has 0 bridgehead atoms. The lowest BCUT2D eigenvalue weighted by molar-refractivity contribution is -0.128. The number of anilines is 1. The number of rotatable bonds is 6. The van der Waals surface area contributed by atoms with E-state index in [9.17, 15) is 9.59 Å². The second-order valence-corrected chi connectivity index (χ2v) is 6.07. The van der Waals surface area contributed by atoms with Crippen LogP contribution in [0.25, 0.3) is 0 Å². The fourth-order valence-electron chi connectivity index (χ4n) is 2.56. The highest BCUT2D eigenvalue weighted by atomic mass is 16.5. The van der Waals surface area contributed by atoms with Gasteiger partial charge in [0.1, 0.15) is 5.75 Å². The maximum atomic E-state index is 12.5. The monoisotopic (exact) mass is 340 g/mol. The Morgan fingerprint density at radius 1 is 1.12 bits per heavy atom. The van der Waals surface area contributed by atoms with Crippen LogP contribution in [0.3, 0.4) is 0 Å². The van der Waals surface area contributed by atoms with Crippen LogP contribution >= 0.6 is 0 Å². The van der Waals surface area contributed by atoms with Gasteiger partial charge in [-0.2, -0.15) is 0 Å². The fourth-order valence-corrected chi connectivity index (χ4v) is 2.56. The average Bonchev–Trinajstić information content (AvgIpc) is 2.56. The molecule has 0 unspecified atom stereocenters. The molecule has 0 aliphatic rings. The summed E-state index contributed by atoms with van der Waals surface area (Å²) in [6.07, 6.45) is 0.224. The van der Waals surface area contributed by atoms with Crippen LogP contribution in [0.1, 0.15) is 23.6 Å². The van der Waals surface area contributed by atoms with Gasteiger partial charge < -0.3 is 15.0 Å². The molecule has 0 aromatic heterocycles. The lowest BCUT2D eigenvalue weighted by Gasteiger charge is -2.18. The first-order valence-corrected chi connectivity index (χ1v) is 8.13. The number of nitrogens with zero attached hydrogens (tertiary/aromatic N) is 1. The summed E-state index contributed by atoms with van der Waals surface area (Å²) in [4.78, 5) is 25.5. The lowest BCUT2D eigenvalue weighted by Crippen LogP contribution is -2.24. The van der Waals surface area contributed by atoms with Gasteiger partial charge in [0.2, 0.25) is 11.8 Å². The van der Waals surface area contributed by atoms with Crippen LogP contribution in [-0.4, -0.2) is 30.9 Å². The smallest absolute Gasteiger partial charge is 0.228 e.